The summed E-state index contributed by atoms with van der Waals surface area (Å²) in [6, 6.07) is 8.63. The summed E-state index contributed by atoms with van der Waals surface area (Å²) in [6.45, 7) is 5.36. The van der Waals surface area contributed by atoms with Crippen LogP contribution in [0, 0.1) is 5.92 Å². The number of amides is 2. The van der Waals surface area contributed by atoms with Crippen LogP contribution in [-0.4, -0.2) is 36.2 Å². The van der Waals surface area contributed by atoms with Crippen LogP contribution < -0.4 is 15.4 Å². The molecule has 0 spiro atoms. The zero-order chi connectivity index (χ0) is 20.6. The van der Waals surface area contributed by atoms with Gasteiger partial charge in [-0.3, -0.25) is 9.59 Å². The van der Waals surface area contributed by atoms with Gasteiger partial charge in [0.1, 0.15) is 12.4 Å². The smallest absolute Gasteiger partial charge is 0.273 e. The van der Waals surface area contributed by atoms with E-state index in [2.05, 4.69) is 15.8 Å². The summed E-state index contributed by atoms with van der Waals surface area (Å²) < 4.78 is 16.3. The van der Waals surface area contributed by atoms with Crippen LogP contribution in [0.4, 0.5) is 5.69 Å². The standard InChI is InChI=1S/C21H27N3O5/c1-14(2)10-20(25)23-15-5-7-16(8-6-15)28-13-18-11-19(24-29-18)21(26)22-12-17-4-3-9-27-17/h5-8,11,14,17H,3-4,9-10,12-13H2,1-2H3,(H,22,26)(H,23,25)/t17-/m0/s1. The molecule has 1 aromatic heterocycles. The molecule has 1 aromatic carbocycles. The van der Waals surface area contributed by atoms with E-state index in [0.29, 0.717) is 36.1 Å². The largest absolute Gasteiger partial charge is 0.486 e. The van der Waals surface area contributed by atoms with Crippen LogP contribution in [0.1, 0.15) is 49.4 Å². The molecule has 0 unspecified atom stereocenters. The first kappa shape index (κ1) is 20.9. The van der Waals surface area contributed by atoms with Gasteiger partial charge in [0.2, 0.25) is 5.91 Å². The average Bonchev–Trinajstić information content (AvgIpc) is 3.37. The van der Waals surface area contributed by atoms with Crippen LogP contribution in [0.3, 0.4) is 0 Å². The second kappa shape index (κ2) is 10.1. The first-order chi connectivity index (χ1) is 14.0. The van der Waals surface area contributed by atoms with E-state index < -0.39 is 0 Å². The van der Waals surface area contributed by atoms with Gasteiger partial charge < -0.3 is 24.6 Å². The summed E-state index contributed by atoms with van der Waals surface area (Å²) >= 11 is 0. The van der Waals surface area contributed by atoms with E-state index in [9.17, 15) is 9.59 Å². The number of hydrogen-bond donors (Lipinski definition) is 2. The molecule has 2 amide bonds. The summed E-state index contributed by atoms with van der Waals surface area (Å²) in [6.07, 6.45) is 2.54. The second-order valence-corrected chi connectivity index (χ2v) is 7.48. The van der Waals surface area contributed by atoms with Gasteiger partial charge in [-0.2, -0.15) is 0 Å². The highest BCUT2D eigenvalue weighted by atomic mass is 16.5. The molecule has 0 bridgehead atoms. The zero-order valence-electron chi connectivity index (χ0n) is 16.8. The molecule has 0 aliphatic carbocycles. The predicted molar refractivity (Wildman–Crippen MR) is 107 cm³/mol. The summed E-state index contributed by atoms with van der Waals surface area (Å²) in [5, 5.41) is 9.43. The molecule has 3 rings (SSSR count). The van der Waals surface area contributed by atoms with Crippen molar-refractivity contribution in [3.8, 4) is 5.75 Å². The van der Waals surface area contributed by atoms with Crippen molar-refractivity contribution in [2.75, 3.05) is 18.5 Å². The topological polar surface area (TPSA) is 103 Å². The molecule has 2 heterocycles. The van der Waals surface area contributed by atoms with Gasteiger partial charge in [0.05, 0.1) is 6.10 Å². The molecule has 1 aliphatic heterocycles. The first-order valence-corrected chi connectivity index (χ1v) is 9.87. The van der Waals surface area contributed by atoms with Crippen LogP contribution >= 0.6 is 0 Å². The zero-order valence-corrected chi connectivity index (χ0v) is 16.8. The number of ether oxygens (including phenoxy) is 2. The van der Waals surface area contributed by atoms with Crippen molar-refractivity contribution in [3.05, 3.63) is 41.8 Å². The highest BCUT2D eigenvalue weighted by molar-refractivity contribution is 5.92. The lowest BCUT2D eigenvalue weighted by atomic mass is 10.1. The third kappa shape index (κ3) is 6.60. The lowest BCUT2D eigenvalue weighted by Crippen LogP contribution is -2.31. The summed E-state index contributed by atoms with van der Waals surface area (Å²) in [4.78, 5) is 23.9. The number of carbonyl (C=O) groups is 2. The van der Waals surface area contributed by atoms with Crippen molar-refractivity contribution in [2.24, 2.45) is 5.92 Å². The minimum atomic E-state index is -0.294. The Bertz CT molecular complexity index is 810. The Balaban J connectivity index is 1.44. The maximum absolute atomic E-state index is 12.1. The number of rotatable bonds is 9. The van der Waals surface area contributed by atoms with Crippen LogP contribution in [0.5, 0.6) is 5.75 Å². The molecule has 1 fully saturated rings. The van der Waals surface area contributed by atoms with E-state index >= 15 is 0 Å². The molecule has 1 atom stereocenters. The number of benzene rings is 1. The number of aromatic nitrogens is 1. The highest BCUT2D eigenvalue weighted by Crippen LogP contribution is 2.18. The highest BCUT2D eigenvalue weighted by Gasteiger charge is 2.18. The Hall–Kier alpha value is -2.87. The van der Waals surface area contributed by atoms with Crippen molar-refractivity contribution in [1.29, 1.82) is 0 Å². The molecule has 2 N–H and O–H groups in total. The molecule has 29 heavy (non-hydrogen) atoms. The lowest BCUT2D eigenvalue weighted by Gasteiger charge is -2.09. The Morgan fingerprint density at radius 2 is 2.07 bits per heavy atom. The summed E-state index contributed by atoms with van der Waals surface area (Å²) in [5.74, 6) is 1.06. The van der Waals surface area contributed by atoms with Crippen LogP contribution in [0.15, 0.2) is 34.9 Å². The Morgan fingerprint density at radius 1 is 1.28 bits per heavy atom. The molecule has 156 valence electrons. The van der Waals surface area contributed by atoms with Crippen LogP contribution in [-0.2, 0) is 16.1 Å². The minimum Gasteiger partial charge on any atom is -0.486 e. The normalized spacial score (nSPS) is 16.0. The molecule has 0 radical (unpaired) electrons. The number of carbonyl (C=O) groups excluding carboxylic acids is 2. The lowest BCUT2D eigenvalue weighted by molar-refractivity contribution is -0.116. The van der Waals surface area contributed by atoms with E-state index in [1.807, 2.05) is 13.8 Å². The van der Waals surface area contributed by atoms with Crippen LogP contribution in [0.2, 0.25) is 0 Å². The van der Waals surface area contributed by atoms with E-state index in [1.165, 1.54) is 0 Å². The number of anilines is 1. The molecular formula is C21H27N3O5. The number of nitrogens with one attached hydrogen (secondary N) is 2. The molecule has 8 nitrogen and oxygen atoms in total. The van der Waals surface area contributed by atoms with Gasteiger partial charge >= 0.3 is 0 Å². The molecule has 2 aromatic rings. The fourth-order valence-electron chi connectivity index (χ4n) is 2.96. The number of hydrogen-bond acceptors (Lipinski definition) is 6. The summed E-state index contributed by atoms with van der Waals surface area (Å²) in [7, 11) is 0. The van der Waals surface area contributed by atoms with Crippen molar-refractivity contribution in [1.82, 2.24) is 10.5 Å². The minimum absolute atomic E-state index is 0.0133. The number of nitrogens with zero attached hydrogens (tertiary/aromatic N) is 1. The average molecular weight is 401 g/mol. The maximum atomic E-state index is 12.1. The molecule has 0 saturated carbocycles. The Kier molecular flexibility index (Phi) is 7.24. The van der Waals surface area contributed by atoms with Gasteiger partial charge in [-0.1, -0.05) is 19.0 Å². The van der Waals surface area contributed by atoms with E-state index in [4.69, 9.17) is 14.0 Å². The van der Waals surface area contributed by atoms with Crippen molar-refractivity contribution in [2.45, 2.75) is 45.8 Å². The van der Waals surface area contributed by atoms with Gasteiger partial charge in [0.15, 0.2) is 11.5 Å². The monoisotopic (exact) mass is 401 g/mol. The molecular weight excluding hydrogens is 374 g/mol. The first-order valence-electron chi connectivity index (χ1n) is 9.87. The predicted octanol–water partition coefficient (Wildman–Crippen LogP) is 3.15. The quantitative estimate of drug-likeness (QED) is 0.669. The van der Waals surface area contributed by atoms with E-state index in [1.54, 1.807) is 30.3 Å². The van der Waals surface area contributed by atoms with Gasteiger partial charge in [0.25, 0.3) is 5.91 Å². The van der Waals surface area contributed by atoms with Crippen molar-refractivity contribution >= 4 is 17.5 Å². The van der Waals surface area contributed by atoms with Crippen molar-refractivity contribution in [3.63, 3.8) is 0 Å². The molecule has 8 heteroatoms. The van der Waals surface area contributed by atoms with Gasteiger partial charge in [0, 0.05) is 31.3 Å². The second-order valence-electron chi connectivity index (χ2n) is 7.48. The molecule has 1 saturated heterocycles. The van der Waals surface area contributed by atoms with Gasteiger partial charge in [-0.25, -0.2) is 0 Å². The molecule has 1 aliphatic rings. The Labute approximate surface area is 169 Å². The van der Waals surface area contributed by atoms with Gasteiger partial charge in [-0.05, 0) is 43.0 Å². The van der Waals surface area contributed by atoms with Crippen molar-refractivity contribution < 1.29 is 23.6 Å². The fourth-order valence-corrected chi connectivity index (χ4v) is 2.96. The Morgan fingerprint density at radius 3 is 2.76 bits per heavy atom. The third-order valence-electron chi connectivity index (χ3n) is 4.42. The van der Waals surface area contributed by atoms with Gasteiger partial charge in [-0.15, -0.1) is 0 Å². The van der Waals surface area contributed by atoms with E-state index in [0.717, 1.165) is 19.4 Å². The maximum Gasteiger partial charge on any atom is 0.273 e. The van der Waals surface area contributed by atoms with E-state index in [-0.39, 0.29) is 30.2 Å². The summed E-state index contributed by atoms with van der Waals surface area (Å²) in [5.41, 5.74) is 0.928. The van der Waals surface area contributed by atoms with Crippen LogP contribution in [0.25, 0.3) is 0 Å². The fraction of sp³-hybridized carbons (Fsp3) is 0.476. The SMILES string of the molecule is CC(C)CC(=O)Nc1ccc(OCc2cc(C(=O)NC[C@@H]3CCCO3)no2)cc1. The third-order valence-corrected chi connectivity index (χ3v) is 4.42.